The lowest BCUT2D eigenvalue weighted by Gasteiger charge is -2.25. The van der Waals surface area contributed by atoms with Gasteiger partial charge in [-0.25, -0.2) is 4.79 Å². The molecule has 0 aliphatic heterocycles. The number of carbonyl (C=O) groups is 6. The van der Waals surface area contributed by atoms with Gasteiger partial charge in [-0.1, -0.05) is 20.8 Å². The van der Waals surface area contributed by atoms with Gasteiger partial charge in [0.1, 0.15) is 18.6 Å². The number of nitrogens with two attached hydrogens (primary N) is 3. The van der Waals surface area contributed by atoms with Gasteiger partial charge < -0.3 is 37.5 Å². The van der Waals surface area contributed by atoms with E-state index in [2.05, 4.69) is 27.0 Å². The van der Waals surface area contributed by atoms with E-state index < -0.39 is 35.9 Å². The molecule has 2 unspecified atom stereocenters. The maximum atomic E-state index is 12.6. The number of esters is 1. The van der Waals surface area contributed by atoms with Gasteiger partial charge in [0.15, 0.2) is 0 Å². The van der Waals surface area contributed by atoms with E-state index in [1.165, 1.54) is 14.0 Å². The lowest BCUT2D eigenvalue weighted by atomic mass is 10.0. The standard InChI is InChI=1S/C18H33N5O6.C4H7NO.CH5N/c1-10(2)15(22-12(5)24)17(27)23-13(7-6-8-20-18(19)28)16(26)21-9-14(25)29-11(3)4;1-2-4(6)3-5;1-2/h10-11,13,15H,6-9H2,1-5H3,(H,21,26)(H,22,24)(H,23,27)(H3,19,20,28);3,5H,2H2,1H3;2H2,1H3/p+1. The molecule has 0 aliphatic rings. The largest absolute Gasteiger partial charge is 0.462 e. The van der Waals surface area contributed by atoms with Crippen molar-refractivity contribution in [3.05, 3.63) is 0 Å². The number of rotatable bonds is 14. The molecule has 0 aromatic rings. The summed E-state index contributed by atoms with van der Waals surface area (Å²) in [5.74, 6) is -2.30. The predicted octanol–water partition coefficient (Wildman–Crippen LogP) is -2.48. The molecule has 214 valence electrons. The van der Waals surface area contributed by atoms with Crippen LogP contribution in [0.5, 0.6) is 0 Å². The molecule has 0 saturated heterocycles. The number of carbonyl (C=O) groups excluding carboxylic acids is 6. The summed E-state index contributed by atoms with van der Waals surface area (Å²) in [6.07, 6.45) is 1.81. The van der Waals surface area contributed by atoms with Crippen molar-refractivity contribution in [3.8, 4) is 0 Å². The van der Waals surface area contributed by atoms with Crippen LogP contribution in [0.15, 0.2) is 0 Å². The van der Waals surface area contributed by atoms with Crippen molar-refractivity contribution in [2.75, 3.05) is 20.1 Å². The van der Waals surface area contributed by atoms with E-state index in [0.29, 0.717) is 12.8 Å². The van der Waals surface area contributed by atoms with E-state index in [1.807, 2.05) is 0 Å². The third kappa shape index (κ3) is 22.6. The molecule has 14 nitrogen and oxygen atoms in total. The first kappa shape index (κ1) is 38.0. The molecule has 5 amide bonds. The van der Waals surface area contributed by atoms with E-state index in [0.717, 1.165) is 6.21 Å². The van der Waals surface area contributed by atoms with Crippen molar-refractivity contribution < 1.29 is 38.9 Å². The summed E-state index contributed by atoms with van der Waals surface area (Å²) in [5, 5.41) is 14.8. The zero-order valence-electron chi connectivity index (χ0n) is 23.0. The second-order valence-electron chi connectivity index (χ2n) is 8.16. The molecule has 0 heterocycles. The molecular weight excluding hydrogens is 486 g/mol. The summed E-state index contributed by atoms with van der Waals surface area (Å²) >= 11 is 0. The van der Waals surface area contributed by atoms with Crippen LogP contribution >= 0.6 is 0 Å². The van der Waals surface area contributed by atoms with Gasteiger partial charge in [0.2, 0.25) is 29.7 Å². The van der Waals surface area contributed by atoms with Crippen molar-refractivity contribution in [1.29, 1.82) is 0 Å². The highest BCUT2D eigenvalue weighted by molar-refractivity contribution is 6.24. The average molecular weight is 533 g/mol. The van der Waals surface area contributed by atoms with Crippen molar-refractivity contribution in [1.82, 2.24) is 21.3 Å². The highest BCUT2D eigenvalue weighted by Gasteiger charge is 2.28. The SMILES string of the molecule is CC(=O)NC(C(=O)NC(CCCNC(N)=O)C(=O)NCC(=O)OC(C)C)C(C)C.CCC(=O)C=[NH2+].CN. The lowest BCUT2D eigenvalue weighted by molar-refractivity contribution is -0.147. The number of amides is 5. The normalized spacial score (nSPS) is 11.3. The Hall–Kier alpha value is -3.55. The third-order valence-electron chi connectivity index (χ3n) is 4.22. The number of primary amides is 1. The van der Waals surface area contributed by atoms with Crippen LogP contribution in [0.1, 0.15) is 60.8 Å². The topological polar surface area (TPSA) is 237 Å². The summed E-state index contributed by atoms with van der Waals surface area (Å²) in [7, 11) is 1.50. The number of nitrogens with one attached hydrogen (secondary N) is 4. The molecule has 0 aliphatic carbocycles. The fourth-order valence-corrected chi connectivity index (χ4v) is 2.51. The van der Waals surface area contributed by atoms with Gasteiger partial charge in [0.05, 0.1) is 6.10 Å². The molecule has 0 saturated carbocycles. The first-order valence-electron chi connectivity index (χ1n) is 12.0. The first-order valence-corrected chi connectivity index (χ1v) is 12.0. The summed E-state index contributed by atoms with van der Waals surface area (Å²) in [6.45, 7) is 9.81. The first-order chi connectivity index (χ1) is 17.2. The molecular formula is C23H46N7O7+. The van der Waals surface area contributed by atoms with Crippen LogP contribution in [0.2, 0.25) is 0 Å². The van der Waals surface area contributed by atoms with Crippen LogP contribution in [0.4, 0.5) is 4.79 Å². The second-order valence-corrected chi connectivity index (χ2v) is 8.16. The maximum Gasteiger partial charge on any atom is 0.325 e. The van der Waals surface area contributed by atoms with Gasteiger partial charge in [0, 0.05) is 19.9 Å². The number of Topliss-reactive ketones (excluding diaryl/α,β-unsaturated/α-hetero) is 1. The van der Waals surface area contributed by atoms with E-state index in [-0.39, 0.29) is 43.2 Å². The van der Waals surface area contributed by atoms with Crippen LogP contribution in [-0.2, 0) is 28.7 Å². The zero-order chi connectivity index (χ0) is 29.6. The van der Waals surface area contributed by atoms with Crippen LogP contribution in [0.25, 0.3) is 0 Å². The Balaban J connectivity index is -0.00000125. The summed E-state index contributed by atoms with van der Waals surface area (Å²) in [6, 6.07) is -2.49. The lowest BCUT2D eigenvalue weighted by Crippen LogP contribution is -2.55. The van der Waals surface area contributed by atoms with Crippen LogP contribution < -0.4 is 38.1 Å². The Bertz CT molecular complexity index is 743. The van der Waals surface area contributed by atoms with Gasteiger partial charge in [-0.05, 0) is 39.7 Å². The fraction of sp³-hybridized carbons (Fsp3) is 0.696. The number of hydrogen-bond acceptors (Lipinski definition) is 8. The third-order valence-corrected chi connectivity index (χ3v) is 4.22. The van der Waals surface area contributed by atoms with Crippen molar-refractivity contribution in [3.63, 3.8) is 0 Å². The molecule has 14 heteroatoms. The predicted molar refractivity (Wildman–Crippen MR) is 139 cm³/mol. The number of hydrogen-bond donors (Lipinski definition) is 7. The van der Waals surface area contributed by atoms with Gasteiger partial charge in [-0.15, -0.1) is 0 Å². The van der Waals surface area contributed by atoms with E-state index in [1.54, 1.807) is 34.6 Å². The highest BCUT2D eigenvalue weighted by atomic mass is 16.5. The highest BCUT2D eigenvalue weighted by Crippen LogP contribution is 2.05. The van der Waals surface area contributed by atoms with E-state index in [9.17, 15) is 28.8 Å². The molecule has 0 spiro atoms. The second kappa shape index (κ2) is 22.9. The summed E-state index contributed by atoms with van der Waals surface area (Å²) < 4.78 is 4.95. The minimum absolute atomic E-state index is 0.00463. The van der Waals surface area contributed by atoms with Crippen LogP contribution in [0, 0.1) is 5.92 Å². The zero-order valence-corrected chi connectivity index (χ0v) is 23.0. The van der Waals surface area contributed by atoms with Gasteiger partial charge >= 0.3 is 12.0 Å². The smallest absolute Gasteiger partial charge is 0.325 e. The minimum Gasteiger partial charge on any atom is -0.462 e. The van der Waals surface area contributed by atoms with Crippen molar-refractivity contribution in [2.45, 2.75) is 79.0 Å². The number of urea groups is 1. The monoisotopic (exact) mass is 532 g/mol. The van der Waals surface area contributed by atoms with E-state index in [4.69, 9.17) is 15.9 Å². The molecule has 0 aromatic heterocycles. The Kier molecular flexibility index (Phi) is 23.5. The summed E-state index contributed by atoms with van der Waals surface area (Å²) in [5.41, 5.74) is 9.50. The maximum absolute atomic E-state index is 12.6. The van der Waals surface area contributed by atoms with Gasteiger partial charge in [-0.3, -0.25) is 29.4 Å². The van der Waals surface area contributed by atoms with Crippen molar-refractivity contribution in [2.24, 2.45) is 17.4 Å². The molecule has 2 atom stereocenters. The molecule has 37 heavy (non-hydrogen) atoms. The molecule has 10 N–H and O–H groups in total. The summed E-state index contributed by atoms with van der Waals surface area (Å²) in [4.78, 5) is 68.8. The molecule has 0 bridgehead atoms. The Morgan fingerprint density at radius 2 is 1.51 bits per heavy atom. The van der Waals surface area contributed by atoms with Crippen LogP contribution in [-0.4, -0.2) is 80.0 Å². The Morgan fingerprint density at radius 3 is 1.89 bits per heavy atom. The Labute approximate surface area is 218 Å². The molecule has 0 rings (SSSR count). The molecule has 0 radical (unpaired) electrons. The van der Waals surface area contributed by atoms with Gasteiger partial charge in [-0.2, -0.15) is 0 Å². The number of ketones is 1. The number of ether oxygens (including phenoxy) is 1. The van der Waals surface area contributed by atoms with Crippen molar-refractivity contribution >= 4 is 41.7 Å². The van der Waals surface area contributed by atoms with Gasteiger partial charge in [0.25, 0.3) is 0 Å². The minimum atomic E-state index is -0.973. The van der Waals surface area contributed by atoms with Crippen LogP contribution in [0.3, 0.4) is 0 Å². The quantitative estimate of drug-likeness (QED) is 0.0716. The average Bonchev–Trinajstić information content (AvgIpc) is 2.82. The Morgan fingerprint density at radius 1 is 0.946 bits per heavy atom. The molecule has 0 aromatic carbocycles. The molecule has 0 fully saturated rings. The van der Waals surface area contributed by atoms with E-state index >= 15 is 0 Å². The fourth-order valence-electron chi connectivity index (χ4n) is 2.51.